The molecule has 0 aliphatic rings. The third-order valence-electron chi connectivity index (χ3n) is 4.24. The van der Waals surface area contributed by atoms with Gasteiger partial charge in [-0.15, -0.1) is 5.54 Å². The summed E-state index contributed by atoms with van der Waals surface area (Å²) in [5.74, 6) is 2.42. The van der Waals surface area contributed by atoms with E-state index in [-0.39, 0.29) is 0 Å². The Hall–Kier alpha value is -0.146. The highest BCUT2D eigenvalue weighted by Gasteiger charge is 2.46. The Morgan fingerprint density at radius 2 is 1.11 bits per heavy atom. The van der Waals surface area contributed by atoms with E-state index < -0.39 is 21.7 Å². The van der Waals surface area contributed by atoms with Crippen LogP contribution in [0.3, 0.4) is 0 Å². The molecule has 0 saturated heterocycles. The van der Waals surface area contributed by atoms with Crippen molar-refractivity contribution < 1.29 is 8.78 Å². The number of alkyl halides is 2. The van der Waals surface area contributed by atoms with E-state index in [0.717, 1.165) is 0 Å². The Morgan fingerprint density at radius 1 is 0.789 bits per heavy atom. The van der Waals surface area contributed by atoms with Crippen LogP contribution in [0.25, 0.3) is 0 Å². The highest BCUT2D eigenvalue weighted by atomic mass is 28.3. The summed E-state index contributed by atoms with van der Waals surface area (Å²) in [5, 5.41) is 0. The van der Waals surface area contributed by atoms with Gasteiger partial charge in [0, 0.05) is 0 Å². The van der Waals surface area contributed by atoms with E-state index >= 15 is 0 Å². The van der Waals surface area contributed by atoms with Crippen LogP contribution in [0.4, 0.5) is 8.78 Å². The van der Waals surface area contributed by atoms with Crippen LogP contribution in [0.15, 0.2) is 0 Å². The molecule has 0 aromatic rings. The Kier molecular flexibility index (Phi) is 6.04. The molecule has 0 aromatic heterocycles. The van der Waals surface area contributed by atoms with Gasteiger partial charge in [-0.3, -0.25) is 0 Å². The van der Waals surface area contributed by atoms with E-state index in [1.54, 1.807) is 19.6 Å². The molecule has 0 nitrogen and oxygen atoms in total. The molecule has 0 aliphatic heterocycles. The molecule has 19 heavy (non-hydrogen) atoms. The fourth-order valence-electron chi connectivity index (χ4n) is 2.81. The second kappa shape index (κ2) is 6.09. The predicted octanol–water partition coefficient (Wildman–Crippen LogP) is 5.72. The van der Waals surface area contributed by atoms with Gasteiger partial charge in [-0.25, -0.2) is 0 Å². The van der Waals surface area contributed by atoms with Crippen molar-refractivity contribution in [1.29, 1.82) is 0 Å². The molecule has 0 unspecified atom stereocenters. The van der Waals surface area contributed by atoms with Gasteiger partial charge >= 0.3 is 0 Å². The number of hydrogen-bond donors (Lipinski definition) is 0. The molecule has 0 fully saturated rings. The largest absolute Gasteiger partial charge is 0.285 e. The molecule has 0 spiro atoms. The maximum Gasteiger partial charge on any atom is 0.285 e. The molecule has 0 atom stereocenters. The molecule has 0 aromatic carbocycles. The first-order chi connectivity index (χ1) is 8.29. The van der Waals surface area contributed by atoms with Gasteiger partial charge in [0.15, 0.2) is 0 Å². The summed E-state index contributed by atoms with van der Waals surface area (Å²) in [6, 6.07) is 0. The smallest absolute Gasteiger partial charge is 0.198 e. The third-order valence-corrected chi connectivity index (χ3v) is 12.5. The Bertz CT molecular complexity index is 333. The zero-order chi connectivity index (χ0) is 15.6. The van der Waals surface area contributed by atoms with Crippen LogP contribution in [0, 0.1) is 11.5 Å². The zero-order valence-corrected chi connectivity index (χ0v) is 16.0. The zero-order valence-electron chi connectivity index (χ0n) is 14.0. The highest BCUT2D eigenvalue weighted by Crippen LogP contribution is 2.41. The maximum absolute atomic E-state index is 14.2. The minimum Gasteiger partial charge on any atom is -0.198 e. The van der Waals surface area contributed by atoms with Gasteiger partial charge in [0.25, 0.3) is 5.55 Å². The number of rotatable bonds is 4. The maximum atomic E-state index is 14.2. The summed E-state index contributed by atoms with van der Waals surface area (Å²) in [7, 11) is -4.61. The lowest BCUT2D eigenvalue weighted by Gasteiger charge is -2.38. The van der Waals surface area contributed by atoms with Gasteiger partial charge in [0.2, 0.25) is 0 Å². The van der Waals surface area contributed by atoms with Crippen molar-refractivity contribution in [3.05, 3.63) is 0 Å². The van der Waals surface area contributed by atoms with Crippen molar-refractivity contribution in [3.8, 4) is 11.5 Å². The Balaban J connectivity index is 5.75. The molecular formula is C15H30F2Si2. The predicted molar refractivity (Wildman–Crippen MR) is 87.1 cm³/mol. The number of halogens is 2. The second-order valence-electron chi connectivity index (χ2n) is 7.47. The van der Waals surface area contributed by atoms with Crippen LogP contribution in [0.1, 0.15) is 41.5 Å². The molecule has 0 amide bonds. The van der Waals surface area contributed by atoms with Crippen molar-refractivity contribution >= 4 is 16.1 Å². The average Bonchev–Trinajstić information content (AvgIpc) is 2.14. The molecule has 0 rings (SSSR count). The van der Waals surface area contributed by atoms with Gasteiger partial charge < -0.3 is 0 Å². The van der Waals surface area contributed by atoms with E-state index in [0.29, 0.717) is 16.6 Å². The summed E-state index contributed by atoms with van der Waals surface area (Å²) in [6.07, 6.45) is 0. The monoisotopic (exact) mass is 304 g/mol. The minimum atomic E-state index is -2.79. The van der Waals surface area contributed by atoms with Crippen LogP contribution in [-0.2, 0) is 0 Å². The molecule has 112 valence electrons. The normalized spacial score (nSPS) is 14.0. The third kappa shape index (κ3) is 3.92. The van der Waals surface area contributed by atoms with Gasteiger partial charge in [-0.05, 0) is 22.5 Å². The van der Waals surface area contributed by atoms with Crippen LogP contribution in [0.5, 0.6) is 0 Å². The van der Waals surface area contributed by atoms with Crippen LogP contribution >= 0.6 is 0 Å². The summed E-state index contributed by atoms with van der Waals surface area (Å²) in [6.45, 7) is 17.9. The van der Waals surface area contributed by atoms with Crippen molar-refractivity contribution in [3.63, 3.8) is 0 Å². The molecule has 0 aliphatic carbocycles. The fourth-order valence-corrected chi connectivity index (χ4v) is 8.61. The molecular weight excluding hydrogens is 274 g/mol. The summed E-state index contributed by atoms with van der Waals surface area (Å²) >= 11 is 0. The first kappa shape index (κ1) is 18.9. The van der Waals surface area contributed by atoms with Gasteiger partial charge in [0.05, 0.1) is 0 Å². The molecule has 0 bridgehead atoms. The van der Waals surface area contributed by atoms with Crippen molar-refractivity contribution in [2.75, 3.05) is 0 Å². The van der Waals surface area contributed by atoms with Crippen LogP contribution in [-0.4, -0.2) is 21.7 Å². The van der Waals surface area contributed by atoms with Crippen LogP contribution in [0.2, 0.25) is 36.3 Å². The van der Waals surface area contributed by atoms with Crippen molar-refractivity contribution in [2.45, 2.75) is 83.4 Å². The first-order valence-electron chi connectivity index (χ1n) is 7.21. The van der Waals surface area contributed by atoms with Gasteiger partial charge in [-0.1, -0.05) is 61.2 Å². The van der Waals surface area contributed by atoms with E-state index in [2.05, 4.69) is 53.0 Å². The van der Waals surface area contributed by atoms with E-state index in [4.69, 9.17) is 0 Å². The molecule has 0 radical (unpaired) electrons. The van der Waals surface area contributed by atoms with E-state index in [9.17, 15) is 8.78 Å². The molecule has 0 saturated carbocycles. The first-order valence-corrected chi connectivity index (χ1v) is 12.9. The second-order valence-corrected chi connectivity index (χ2v) is 18.2. The van der Waals surface area contributed by atoms with Crippen molar-refractivity contribution in [2.24, 2.45) is 0 Å². The van der Waals surface area contributed by atoms with Gasteiger partial charge in [0.1, 0.15) is 16.1 Å². The quantitative estimate of drug-likeness (QED) is 0.460. The average molecular weight is 305 g/mol. The summed E-state index contributed by atoms with van der Waals surface area (Å²) in [4.78, 5) is 0. The molecule has 4 heteroatoms. The Morgan fingerprint density at radius 3 is 1.32 bits per heavy atom. The fraction of sp³-hybridized carbons (Fsp3) is 0.867. The topological polar surface area (TPSA) is 0 Å². The minimum absolute atomic E-state index is 0.400. The standard InChI is InChI=1S/C15H30F2Si2/c1-12(2)19(13(3)4,14(5)6)11-10-15(16,17)18(7,8)9/h12-14H,1-9H3. The molecule has 0 heterocycles. The van der Waals surface area contributed by atoms with E-state index in [1.807, 2.05) is 0 Å². The lowest BCUT2D eigenvalue weighted by molar-refractivity contribution is 0.149. The van der Waals surface area contributed by atoms with Crippen LogP contribution < -0.4 is 0 Å². The van der Waals surface area contributed by atoms with Crippen molar-refractivity contribution in [1.82, 2.24) is 0 Å². The molecule has 0 N–H and O–H groups in total. The Labute approximate surface area is 120 Å². The number of hydrogen-bond acceptors (Lipinski definition) is 0. The van der Waals surface area contributed by atoms with E-state index in [1.165, 1.54) is 0 Å². The summed E-state index contributed by atoms with van der Waals surface area (Å²) in [5.41, 5.74) is 1.57. The highest BCUT2D eigenvalue weighted by molar-refractivity contribution is 6.90. The lowest BCUT2D eigenvalue weighted by atomic mass is 10.5. The van der Waals surface area contributed by atoms with Gasteiger partial charge in [-0.2, -0.15) is 8.78 Å². The lowest BCUT2D eigenvalue weighted by Crippen LogP contribution is -2.47. The SMILES string of the molecule is CC(C)[Si](C#CC(F)(F)[Si](C)(C)C)(C(C)C)C(C)C. The summed E-state index contributed by atoms with van der Waals surface area (Å²) < 4.78 is 28.3.